The molecule has 5 heteroatoms. The standard InChI is InChI=1S/C24H28N2O3/c1-16-14-20(10-12-22(16)26-13-5-8-23(26)27)25-24(28)17(2)29-21-11-9-18-6-3-4-7-19(18)15-21/h9-12,14-15,17H,3-8,13H2,1-2H3,(H,25,28). The number of ether oxygens (including phenoxy) is 1. The smallest absolute Gasteiger partial charge is 0.265 e. The lowest BCUT2D eigenvalue weighted by Crippen LogP contribution is -2.30. The quantitative estimate of drug-likeness (QED) is 0.820. The van der Waals surface area contributed by atoms with Crippen LogP contribution in [0.5, 0.6) is 5.75 Å². The lowest BCUT2D eigenvalue weighted by atomic mass is 9.92. The van der Waals surface area contributed by atoms with Gasteiger partial charge >= 0.3 is 0 Å². The second-order valence-corrected chi connectivity index (χ2v) is 8.04. The molecule has 2 aromatic carbocycles. The largest absolute Gasteiger partial charge is 0.481 e. The Morgan fingerprint density at radius 3 is 2.55 bits per heavy atom. The highest BCUT2D eigenvalue weighted by Crippen LogP contribution is 2.28. The first-order valence-electron chi connectivity index (χ1n) is 10.5. The van der Waals surface area contributed by atoms with Crippen molar-refractivity contribution in [2.45, 2.75) is 58.5 Å². The summed E-state index contributed by atoms with van der Waals surface area (Å²) in [5.74, 6) is 0.719. The van der Waals surface area contributed by atoms with Crippen molar-refractivity contribution in [3.63, 3.8) is 0 Å². The molecule has 1 fully saturated rings. The molecule has 0 aromatic heterocycles. The molecule has 4 rings (SSSR count). The van der Waals surface area contributed by atoms with Crippen molar-refractivity contribution in [2.75, 3.05) is 16.8 Å². The average Bonchev–Trinajstić information content (AvgIpc) is 3.13. The fourth-order valence-corrected chi connectivity index (χ4v) is 4.22. The molecule has 1 heterocycles. The van der Waals surface area contributed by atoms with Crippen molar-refractivity contribution in [3.05, 3.63) is 53.1 Å². The minimum Gasteiger partial charge on any atom is -0.481 e. The first kappa shape index (κ1) is 19.5. The van der Waals surface area contributed by atoms with Gasteiger partial charge in [-0.2, -0.15) is 0 Å². The molecule has 2 aliphatic rings. The number of anilines is 2. The number of fused-ring (bicyclic) bond motifs is 1. The Morgan fingerprint density at radius 2 is 1.83 bits per heavy atom. The van der Waals surface area contributed by atoms with Crippen molar-refractivity contribution in [3.8, 4) is 5.75 Å². The molecule has 5 nitrogen and oxygen atoms in total. The zero-order valence-electron chi connectivity index (χ0n) is 17.2. The van der Waals surface area contributed by atoms with E-state index in [4.69, 9.17) is 4.74 Å². The second-order valence-electron chi connectivity index (χ2n) is 8.04. The number of benzene rings is 2. The molecule has 1 aliphatic heterocycles. The number of nitrogens with one attached hydrogen (secondary N) is 1. The highest BCUT2D eigenvalue weighted by atomic mass is 16.5. The van der Waals surface area contributed by atoms with Crippen LogP contribution >= 0.6 is 0 Å². The lowest BCUT2D eigenvalue weighted by molar-refractivity contribution is -0.122. The number of rotatable bonds is 5. The molecule has 1 atom stereocenters. The highest BCUT2D eigenvalue weighted by molar-refractivity contribution is 5.97. The monoisotopic (exact) mass is 392 g/mol. The predicted molar refractivity (Wildman–Crippen MR) is 115 cm³/mol. The maximum absolute atomic E-state index is 12.6. The van der Waals surface area contributed by atoms with Gasteiger partial charge in [0.15, 0.2) is 6.10 Å². The molecule has 2 amide bonds. The van der Waals surface area contributed by atoms with Crippen molar-refractivity contribution in [1.29, 1.82) is 0 Å². The van der Waals surface area contributed by atoms with E-state index >= 15 is 0 Å². The van der Waals surface area contributed by atoms with Gasteiger partial charge in [-0.25, -0.2) is 0 Å². The molecule has 0 spiro atoms. The number of nitrogens with zero attached hydrogens (tertiary/aromatic N) is 1. The third kappa shape index (κ3) is 4.29. The molecule has 1 aliphatic carbocycles. The Balaban J connectivity index is 1.39. The zero-order chi connectivity index (χ0) is 20.4. The van der Waals surface area contributed by atoms with E-state index in [2.05, 4.69) is 17.4 Å². The van der Waals surface area contributed by atoms with Gasteiger partial charge in [0.1, 0.15) is 5.75 Å². The van der Waals surface area contributed by atoms with Gasteiger partial charge in [-0.3, -0.25) is 9.59 Å². The van der Waals surface area contributed by atoms with Crippen molar-refractivity contribution in [2.24, 2.45) is 0 Å². The third-order valence-electron chi connectivity index (χ3n) is 5.83. The lowest BCUT2D eigenvalue weighted by Gasteiger charge is -2.20. The van der Waals surface area contributed by atoms with E-state index < -0.39 is 6.10 Å². The van der Waals surface area contributed by atoms with Crippen LogP contribution in [0, 0.1) is 6.92 Å². The fourth-order valence-electron chi connectivity index (χ4n) is 4.22. The molecule has 1 saturated heterocycles. The summed E-state index contributed by atoms with van der Waals surface area (Å²) in [5.41, 5.74) is 5.34. The van der Waals surface area contributed by atoms with Crippen LogP contribution in [0.2, 0.25) is 0 Å². The molecule has 0 radical (unpaired) electrons. The number of carbonyl (C=O) groups excluding carboxylic acids is 2. The Labute approximate surface area is 172 Å². The molecular weight excluding hydrogens is 364 g/mol. The molecule has 29 heavy (non-hydrogen) atoms. The minimum absolute atomic E-state index is 0.164. The SMILES string of the molecule is Cc1cc(NC(=O)C(C)Oc2ccc3c(c2)CCCC3)ccc1N1CCCC1=O. The number of amides is 2. The van der Waals surface area contributed by atoms with Crippen LogP contribution in [-0.4, -0.2) is 24.5 Å². The molecule has 1 N–H and O–H groups in total. The van der Waals surface area contributed by atoms with E-state index in [9.17, 15) is 9.59 Å². The summed E-state index contributed by atoms with van der Waals surface area (Å²) in [6.07, 6.45) is 5.57. The Bertz CT molecular complexity index is 938. The van der Waals surface area contributed by atoms with Gasteiger partial charge in [-0.05, 0) is 93.0 Å². The second kappa shape index (κ2) is 8.27. The summed E-state index contributed by atoms with van der Waals surface area (Å²) >= 11 is 0. The topological polar surface area (TPSA) is 58.6 Å². The summed E-state index contributed by atoms with van der Waals surface area (Å²) in [6.45, 7) is 4.49. The Kier molecular flexibility index (Phi) is 5.56. The van der Waals surface area contributed by atoms with Gasteiger partial charge in [0.2, 0.25) is 5.91 Å². The van der Waals surface area contributed by atoms with E-state index in [-0.39, 0.29) is 11.8 Å². The third-order valence-corrected chi connectivity index (χ3v) is 5.83. The summed E-state index contributed by atoms with van der Waals surface area (Å²) < 4.78 is 5.90. The molecule has 0 saturated carbocycles. The Morgan fingerprint density at radius 1 is 1.03 bits per heavy atom. The van der Waals surface area contributed by atoms with Crippen LogP contribution in [0.3, 0.4) is 0 Å². The van der Waals surface area contributed by atoms with Gasteiger partial charge in [0, 0.05) is 24.3 Å². The van der Waals surface area contributed by atoms with Crippen molar-refractivity contribution >= 4 is 23.2 Å². The summed E-state index contributed by atoms with van der Waals surface area (Å²) in [4.78, 5) is 26.4. The number of hydrogen-bond acceptors (Lipinski definition) is 3. The van der Waals surface area contributed by atoms with Crippen LogP contribution in [0.1, 0.15) is 49.3 Å². The van der Waals surface area contributed by atoms with Gasteiger partial charge in [0.05, 0.1) is 0 Å². The first-order valence-corrected chi connectivity index (χ1v) is 10.5. The fraction of sp³-hybridized carbons (Fsp3) is 0.417. The normalized spacial score (nSPS) is 17.0. The van der Waals surface area contributed by atoms with Crippen molar-refractivity contribution in [1.82, 2.24) is 0 Å². The van der Waals surface area contributed by atoms with Crippen LogP contribution in [0.15, 0.2) is 36.4 Å². The number of aryl methyl sites for hydroxylation is 3. The van der Waals surface area contributed by atoms with Crippen LogP contribution in [0.4, 0.5) is 11.4 Å². The van der Waals surface area contributed by atoms with Gasteiger partial charge in [0.25, 0.3) is 5.91 Å². The Hall–Kier alpha value is -2.82. The predicted octanol–water partition coefficient (Wildman–Crippen LogP) is 4.41. The van der Waals surface area contributed by atoms with Gasteiger partial charge < -0.3 is 15.0 Å². The maximum atomic E-state index is 12.6. The average molecular weight is 392 g/mol. The molecule has 2 aromatic rings. The van der Waals surface area contributed by atoms with E-state index in [1.54, 1.807) is 6.92 Å². The van der Waals surface area contributed by atoms with E-state index in [0.717, 1.165) is 42.8 Å². The van der Waals surface area contributed by atoms with E-state index in [0.29, 0.717) is 12.1 Å². The van der Waals surface area contributed by atoms with Crippen LogP contribution in [0.25, 0.3) is 0 Å². The van der Waals surface area contributed by atoms with Crippen molar-refractivity contribution < 1.29 is 14.3 Å². The molecule has 1 unspecified atom stereocenters. The van der Waals surface area contributed by atoms with Gasteiger partial charge in [-0.1, -0.05) is 6.07 Å². The van der Waals surface area contributed by atoms with E-state index in [1.807, 2.05) is 36.1 Å². The molecule has 152 valence electrons. The zero-order valence-corrected chi connectivity index (χ0v) is 17.2. The summed E-state index contributed by atoms with van der Waals surface area (Å²) in [6, 6.07) is 11.8. The summed E-state index contributed by atoms with van der Waals surface area (Å²) in [7, 11) is 0. The van der Waals surface area contributed by atoms with Crippen LogP contribution < -0.4 is 15.0 Å². The van der Waals surface area contributed by atoms with E-state index in [1.165, 1.54) is 24.0 Å². The minimum atomic E-state index is -0.600. The summed E-state index contributed by atoms with van der Waals surface area (Å²) in [5, 5.41) is 2.93. The number of carbonyl (C=O) groups is 2. The first-order chi connectivity index (χ1) is 14.0. The highest BCUT2D eigenvalue weighted by Gasteiger charge is 2.23. The van der Waals surface area contributed by atoms with Crippen LogP contribution in [-0.2, 0) is 22.4 Å². The molecular formula is C24H28N2O3. The van der Waals surface area contributed by atoms with Gasteiger partial charge in [-0.15, -0.1) is 0 Å². The number of hydrogen-bond donors (Lipinski definition) is 1. The maximum Gasteiger partial charge on any atom is 0.265 e. The molecule has 0 bridgehead atoms.